The Balaban J connectivity index is 1.86. The fraction of sp³-hybridized carbons (Fsp3) is 0.692. The number of ketones is 1. The third-order valence-electron chi connectivity index (χ3n) is 3.45. The monoisotopic (exact) mass is 282 g/mol. The standard InChI is InChI=1S/C13H18N2OS2/c1-8-6-15(7-9(2)17-8)13-14-12-10(16)4-3-5-11(12)18-13/h8-9H,3-7H2,1-2H3. The van der Waals surface area contributed by atoms with Gasteiger partial charge in [0.05, 0.1) is 0 Å². The number of Topliss-reactive ketones (excluding diaryl/α,β-unsaturated/α-hetero) is 1. The molecule has 0 saturated carbocycles. The van der Waals surface area contributed by atoms with Crippen molar-refractivity contribution in [1.82, 2.24) is 4.98 Å². The number of carbonyl (C=O) groups is 1. The lowest BCUT2D eigenvalue weighted by Crippen LogP contribution is -2.40. The molecule has 0 amide bonds. The summed E-state index contributed by atoms with van der Waals surface area (Å²) in [6.07, 6.45) is 2.71. The number of hydrogen-bond donors (Lipinski definition) is 0. The number of aryl methyl sites for hydroxylation is 1. The first-order valence-electron chi connectivity index (χ1n) is 6.57. The molecule has 2 aliphatic rings. The fourth-order valence-electron chi connectivity index (χ4n) is 2.72. The molecule has 98 valence electrons. The van der Waals surface area contributed by atoms with E-state index in [1.165, 1.54) is 4.88 Å². The minimum atomic E-state index is 0.242. The van der Waals surface area contributed by atoms with E-state index >= 15 is 0 Å². The van der Waals surface area contributed by atoms with Gasteiger partial charge in [0.2, 0.25) is 0 Å². The highest BCUT2D eigenvalue weighted by atomic mass is 32.2. The van der Waals surface area contributed by atoms with Gasteiger partial charge in [-0.25, -0.2) is 4.98 Å². The number of thiazole rings is 1. The zero-order chi connectivity index (χ0) is 12.7. The molecule has 3 rings (SSSR count). The summed E-state index contributed by atoms with van der Waals surface area (Å²) in [7, 11) is 0. The van der Waals surface area contributed by atoms with Crippen LogP contribution in [0, 0.1) is 0 Å². The van der Waals surface area contributed by atoms with Crippen LogP contribution in [0.4, 0.5) is 5.13 Å². The van der Waals surface area contributed by atoms with Crippen molar-refractivity contribution in [2.75, 3.05) is 18.0 Å². The van der Waals surface area contributed by atoms with Gasteiger partial charge in [-0.3, -0.25) is 4.79 Å². The van der Waals surface area contributed by atoms with Crippen molar-refractivity contribution in [3.05, 3.63) is 10.6 Å². The third-order valence-corrected chi connectivity index (χ3v) is 5.85. The molecular formula is C13H18N2OS2. The van der Waals surface area contributed by atoms with Crippen molar-refractivity contribution in [1.29, 1.82) is 0 Å². The lowest BCUT2D eigenvalue weighted by atomic mass is 10.0. The molecule has 1 fully saturated rings. The van der Waals surface area contributed by atoms with E-state index in [1.54, 1.807) is 11.3 Å². The summed E-state index contributed by atoms with van der Waals surface area (Å²) in [6, 6.07) is 0. The largest absolute Gasteiger partial charge is 0.346 e. The maximum absolute atomic E-state index is 11.8. The Kier molecular flexibility index (Phi) is 3.36. The van der Waals surface area contributed by atoms with Crippen molar-refractivity contribution in [3.8, 4) is 0 Å². The summed E-state index contributed by atoms with van der Waals surface area (Å²) in [5.74, 6) is 0.242. The Morgan fingerprint density at radius 1 is 1.22 bits per heavy atom. The predicted octanol–water partition coefficient (Wildman–Crippen LogP) is 2.99. The molecule has 1 aromatic rings. The second-order valence-electron chi connectivity index (χ2n) is 5.21. The third kappa shape index (κ3) is 2.30. The molecule has 0 spiro atoms. The van der Waals surface area contributed by atoms with E-state index in [2.05, 4.69) is 23.7 Å². The van der Waals surface area contributed by atoms with Gasteiger partial charge in [-0.1, -0.05) is 13.8 Å². The number of carbonyl (C=O) groups excluding carboxylic acids is 1. The fourth-order valence-corrected chi connectivity index (χ4v) is 5.19. The lowest BCUT2D eigenvalue weighted by molar-refractivity contribution is 0.0968. The van der Waals surface area contributed by atoms with Gasteiger partial charge in [-0.2, -0.15) is 11.8 Å². The Labute approximate surface area is 116 Å². The molecule has 1 aliphatic heterocycles. The first-order valence-corrected chi connectivity index (χ1v) is 8.32. The second-order valence-corrected chi connectivity index (χ2v) is 8.15. The van der Waals surface area contributed by atoms with Crippen molar-refractivity contribution >= 4 is 34.0 Å². The zero-order valence-electron chi connectivity index (χ0n) is 10.8. The number of rotatable bonds is 1. The highest BCUT2D eigenvalue weighted by Gasteiger charge is 2.28. The number of anilines is 1. The lowest BCUT2D eigenvalue weighted by Gasteiger charge is -2.34. The average molecular weight is 282 g/mol. The summed E-state index contributed by atoms with van der Waals surface area (Å²) in [4.78, 5) is 20.0. The summed E-state index contributed by atoms with van der Waals surface area (Å²) in [6.45, 7) is 6.64. The van der Waals surface area contributed by atoms with Gasteiger partial charge in [0, 0.05) is 34.9 Å². The van der Waals surface area contributed by atoms with Gasteiger partial charge < -0.3 is 4.90 Å². The Hall–Kier alpha value is -0.550. The van der Waals surface area contributed by atoms with Crippen LogP contribution in [0.15, 0.2) is 0 Å². The Morgan fingerprint density at radius 3 is 2.61 bits per heavy atom. The van der Waals surface area contributed by atoms with Crippen molar-refractivity contribution in [2.45, 2.75) is 43.6 Å². The normalized spacial score (nSPS) is 28.3. The predicted molar refractivity (Wildman–Crippen MR) is 78.1 cm³/mol. The van der Waals surface area contributed by atoms with Crippen LogP contribution in [0.1, 0.15) is 42.1 Å². The number of thioether (sulfide) groups is 1. The van der Waals surface area contributed by atoms with Gasteiger partial charge in [-0.05, 0) is 12.8 Å². The van der Waals surface area contributed by atoms with E-state index < -0.39 is 0 Å². The maximum atomic E-state index is 11.8. The number of hydrogen-bond acceptors (Lipinski definition) is 5. The number of nitrogens with zero attached hydrogens (tertiary/aromatic N) is 2. The molecule has 0 aromatic carbocycles. The number of fused-ring (bicyclic) bond motifs is 1. The van der Waals surface area contributed by atoms with Crippen LogP contribution >= 0.6 is 23.1 Å². The highest BCUT2D eigenvalue weighted by Crippen LogP contribution is 2.35. The molecule has 0 bridgehead atoms. The molecule has 5 heteroatoms. The molecule has 1 aromatic heterocycles. The van der Waals surface area contributed by atoms with E-state index in [9.17, 15) is 4.79 Å². The zero-order valence-corrected chi connectivity index (χ0v) is 12.4. The van der Waals surface area contributed by atoms with Gasteiger partial charge in [0.25, 0.3) is 0 Å². The average Bonchev–Trinajstić information content (AvgIpc) is 2.73. The molecule has 18 heavy (non-hydrogen) atoms. The molecule has 1 aliphatic carbocycles. The molecule has 3 nitrogen and oxygen atoms in total. The molecule has 2 atom stereocenters. The minimum absolute atomic E-state index is 0.242. The van der Waals surface area contributed by atoms with E-state index in [-0.39, 0.29) is 5.78 Å². The Morgan fingerprint density at radius 2 is 1.94 bits per heavy atom. The molecular weight excluding hydrogens is 264 g/mol. The summed E-state index contributed by atoms with van der Waals surface area (Å²) in [5.41, 5.74) is 0.764. The first kappa shape index (κ1) is 12.5. The summed E-state index contributed by atoms with van der Waals surface area (Å²) >= 11 is 3.78. The quantitative estimate of drug-likeness (QED) is 0.793. The van der Waals surface area contributed by atoms with Crippen molar-refractivity contribution < 1.29 is 4.79 Å². The van der Waals surface area contributed by atoms with Gasteiger partial charge in [0.1, 0.15) is 5.69 Å². The molecule has 2 heterocycles. The molecule has 0 radical (unpaired) electrons. The molecule has 0 N–H and O–H groups in total. The topological polar surface area (TPSA) is 33.2 Å². The van der Waals surface area contributed by atoms with Crippen molar-refractivity contribution in [2.24, 2.45) is 0 Å². The van der Waals surface area contributed by atoms with Crippen LogP contribution in [0.2, 0.25) is 0 Å². The molecule has 1 saturated heterocycles. The molecule has 2 unspecified atom stereocenters. The Bertz CT molecular complexity index is 462. The minimum Gasteiger partial charge on any atom is -0.346 e. The smallest absolute Gasteiger partial charge is 0.186 e. The highest BCUT2D eigenvalue weighted by molar-refractivity contribution is 8.00. The van der Waals surface area contributed by atoms with Gasteiger partial charge >= 0.3 is 0 Å². The van der Waals surface area contributed by atoms with Gasteiger partial charge in [-0.15, -0.1) is 11.3 Å². The van der Waals surface area contributed by atoms with Crippen molar-refractivity contribution in [3.63, 3.8) is 0 Å². The van der Waals surface area contributed by atoms with Crippen LogP contribution in [0.3, 0.4) is 0 Å². The summed E-state index contributed by atoms with van der Waals surface area (Å²) in [5, 5.41) is 2.35. The second kappa shape index (κ2) is 4.85. The van der Waals surface area contributed by atoms with E-state index in [1.807, 2.05) is 11.8 Å². The number of aromatic nitrogens is 1. The SMILES string of the molecule is CC1CN(c2nc3c(s2)CCCC3=O)CC(C)S1. The van der Waals surface area contributed by atoms with Crippen LogP contribution < -0.4 is 4.90 Å². The van der Waals surface area contributed by atoms with Crippen LogP contribution in [0.5, 0.6) is 0 Å². The van der Waals surface area contributed by atoms with Crippen LogP contribution in [-0.2, 0) is 6.42 Å². The van der Waals surface area contributed by atoms with Crippen LogP contribution in [0.25, 0.3) is 0 Å². The van der Waals surface area contributed by atoms with E-state index in [4.69, 9.17) is 0 Å². The first-order chi connectivity index (χ1) is 8.63. The van der Waals surface area contributed by atoms with E-state index in [0.29, 0.717) is 16.9 Å². The van der Waals surface area contributed by atoms with E-state index in [0.717, 1.165) is 36.8 Å². The van der Waals surface area contributed by atoms with Gasteiger partial charge in [0.15, 0.2) is 10.9 Å². The maximum Gasteiger partial charge on any atom is 0.186 e. The summed E-state index contributed by atoms with van der Waals surface area (Å²) < 4.78 is 0. The van der Waals surface area contributed by atoms with Crippen LogP contribution in [-0.4, -0.2) is 34.4 Å².